The van der Waals surface area contributed by atoms with Gasteiger partial charge in [0.05, 0.1) is 10.2 Å². The predicted molar refractivity (Wildman–Crippen MR) is 86.0 cm³/mol. The molecule has 5 heteroatoms. The maximum atomic E-state index is 12.3. The number of amides is 1. The summed E-state index contributed by atoms with van der Waals surface area (Å²) < 4.78 is 1.00. The molecule has 1 heterocycles. The molecule has 1 amide bonds. The average Bonchev–Trinajstić information content (AvgIpc) is 2.79. The second kappa shape index (κ2) is 6.70. The number of anilines is 2. The molecule has 4 nitrogen and oxygen atoms in total. The first-order valence-electron chi connectivity index (χ1n) is 7.11. The Labute approximate surface area is 123 Å². The lowest BCUT2D eigenvalue weighted by Crippen LogP contribution is -2.22. The summed E-state index contributed by atoms with van der Waals surface area (Å²) in [5.74, 6) is 0.169. The number of nitrogens with zero attached hydrogens (tertiary/aromatic N) is 1. The minimum atomic E-state index is 0.0840. The van der Waals surface area contributed by atoms with Crippen LogP contribution in [-0.4, -0.2) is 10.9 Å². The monoisotopic (exact) mass is 291 g/mol. The van der Waals surface area contributed by atoms with Crippen molar-refractivity contribution in [2.24, 2.45) is 5.92 Å². The van der Waals surface area contributed by atoms with Crippen LogP contribution in [0.25, 0.3) is 10.2 Å². The number of nitrogens with one attached hydrogen (secondary N) is 1. The summed E-state index contributed by atoms with van der Waals surface area (Å²) in [5.41, 5.74) is 7.35. The lowest BCUT2D eigenvalue weighted by Gasteiger charge is -2.13. The van der Waals surface area contributed by atoms with Crippen LogP contribution in [0.15, 0.2) is 18.2 Å². The van der Waals surface area contributed by atoms with Gasteiger partial charge in [-0.2, -0.15) is 0 Å². The van der Waals surface area contributed by atoms with Gasteiger partial charge < -0.3 is 11.1 Å². The number of thiazole rings is 1. The third kappa shape index (κ3) is 3.48. The molecule has 0 spiro atoms. The average molecular weight is 291 g/mol. The number of benzene rings is 1. The molecule has 0 saturated carbocycles. The first kappa shape index (κ1) is 14.8. The first-order chi connectivity index (χ1) is 9.63. The van der Waals surface area contributed by atoms with Crippen molar-refractivity contribution in [2.75, 3.05) is 11.1 Å². The number of nitrogens with two attached hydrogens (primary N) is 1. The fraction of sp³-hybridized carbons (Fsp3) is 0.467. The quantitative estimate of drug-likeness (QED) is 0.789. The second-order valence-corrected chi connectivity index (χ2v) is 6.04. The lowest BCUT2D eigenvalue weighted by atomic mass is 9.97. The fourth-order valence-corrected chi connectivity index (χ4v) is 3.22. The molecule has 0 saturated heterocycles. The molecule has 0 atom stereocenters. The molecule has 0 aliphatic rings. The maximum absolute atomic E-state index is 12.3. The molecular formula is C15H21N3OS. The van der Waals surface area contributed by atoms with E-state index in [-0.39, 0.29) is 11.8 Å². The zero-order valence-electron chi connectivity index (χ0n) is 12.0. The van der Waals surface area contributed by atoms with E-state index in [1.165, 1.54) is 11.3 Å². The highest BCUT2D eigenvalue weighted by molar-refractivity contribution is 7.22. The van der Waals surface area contributed by atoms with E-state index in [9.17, 15) is 4.79 Å². The minimum absolute atomic E-state index is 0.0840. The Morgan fingerprint density at radius 1 is 1.35 bits per heavy atom. The Morgan fingerprint density at radius 2 is 2.05 bits per heavy atom. The zero-order valence-corrected chi connectivity index (χ0v) is 12.8. The molecule has 2 aromatic rings. The summed E-state index contributed by atoms with van der Waals surface area (Å²) in [5, 5.41) is 3.61. The fourth-order valence-electron chi connectivity index (χ4n) is 2.31. The van der Waals surface area contributed by atoms with Crippen molar-refractivity contribution in [3.05, 3.63) is 18.2 Å². The van der Waals surface area contributed by atoms with Gasteiger partial charge in [-0.3, -0.25) is 4.79 Å². The highest BCUT2D eigenvalue weighted by Crippen LogP contribution is 2.28. The van der Waals surface area contributed by atoms with Crippen molar-refractivity contribution < 1.29 is 4.79 Å². The van der Waals surface area contributed by atoms with Crippen LogP contribution in [0.4, 0.5) is 10.8 Å². The molecule has 0 aliphatic heterocycles. The molecule has 20 heavy (non-hydrogen) atoms. The van der Waals surface area contributed by atoms with Gasteiger partial charge in [0.2, 0.25) is 5.91 Å². The van der Waals surface area contributed by atoms with Gasteiger partial charge in [-0.15, -0.1) is 0 Å². The molecule has 0 radical (unpaired) electrons. The second-order valence-electron chi connectivity index (χ2n) is 5.01. The molecule has 0 fully saturated rings. The van der Waals surface area contributed by atoms with Crippen molar-refractivity contribution in [1.82, 2.24) is 4.98 Å². The molecule has 1 aromatic heterocycles. The van der Waals surface area contributed by atoms with E-state index in [2.05, 4.69) is 24.1 Å². The van der Waals surface area contributed by atoms with Gasteiger partial charge in [-0.1, -0.05) is 38.0 Å². The zero-order chi connectivity index (χ0) is 14.5. The molecule has 0 unspecified atom stereocenters. The molecule has 3 N–H and O–H groups in total. The molecule has 2 rings (SSSR count). The normalized spacial score (nSPS) is 11.2. The molecule has 1 aromatic carbocycles. The minimum Gasteiger partial charge on any atom is -0.399 e. The van der Waals surface area contributed by atoms with Gasteiger partial charge in [0.15, 0.2) is 5.13 Å². The summed E-state index contributed by atoms with van der Waals surface area (Å²) in [6.45, 7) is 4.22. The number of carbonyl (C=O) groups is 1. The number of hydrogen-bond donors (Lipinski definition) is 2. The summed E-state index contributed by atoms with van der Waals surface area (Å²) in [4.78, 5) is 16.7. The predicted octanol–water partition coefficient (Wildman–Crippen LogP) is 4.03. The Hall–Kier alpha value is -1.62. The van der Waals surface area contributed by atoms with Crippen molar-refractivity contribution in [2.45, 2.75) is 39.5 Å². The van der Waals surface area contributed by atoms with Crippen LogP contribution in [0.3, 0.4) is 0 Å². The first-order valence-corrected chi connectivity index (χ1v) is 7.92. The molecule has 0 aliphatic carbocycles. The number of nitrogen functional groups attached to an aromatic ring is 1. The third-order valence-electron chi connectivity index (χ3n) is 3.29. The van der Waals surface area contributed by atoms with Crippen molar-refractivity contribution in [1.29, 1.82) is 0 Å². The van der Waals surface area contributed by atoms with Crippen LogP contribution in [0.5, 0.6) is 0 Å². The van der Waals surface area contributed by atoms with Crippen LogP contribution < -0.4 is 11.1 Å². The highest BCUT2D eigenvalue weighted by atomic mass is 32.1. The van der Waals surface area contributed by atoms with Gasteiger partial charge in [0.1, 0.15) is 0 Å². The topological polar surface area (TPSA) is 68.0 Å². The van der Waals surface area contributed by atoms with E-state index in [0.717, 1.165) is 35.9 Å². The Kier molecular flexibility index (Phi) is 4.95. The van der Waals surface area contributed by atoms with Crippen LogP contribution in [-0.2, 0) is 4.79 Å². The smallest absolute Gasteiger partial charge is 0.229 e. The summed E-state index contributed by atoms with van der Waals surface area (Å²) in [7, 11) is 0. The Balaban J connectivity index is 2.12. The Bertz CT molecular complexity index is 588. The van der Waals surface area contributed by atoms with Gasteiger partial charge in [0.25, 0.3) is 0 Å². The number of rotatable bonds is 6. The van der Waals surface area contributed by atoms with Gasteiger partial charge in [0, 0.05) is 11.6 Å². The standard InChI is InChI=1S/C15H21N3OS/c1-3-5-10(6-4-2)14(19)18-15-17-12-8-7-11(16)9-13(12)20-15/h7-10H,3-6,16H2,1-2H3,(H,17,18,19). The van der Waals surface area contributed by atoms with E-state index in [1.54, 1.807) is 0 Å². The van der Waals surface area contributed by atoms with Crippen LogP contribution in [0.1, 0.15) is 39.5 Å². The number of fused-ring (bicyclic) bond motifs is 1. The summed E-state index contributed by atoms with van der Waals surface area (Å²) >= 11 is 1.47. The van der Waals surface area contributed by atoms with Gasteiger partial charge >= 0.3 is 0 Å². The van der Waals surface area contributed by atoms with E-state index < -0.39 is 0 Å². The van der Waals surface area contributed by atoms with E-state index in [1.807, 2.05) is 18.2 Å². The van der Waals surface area contributed by atoms with Crippen molar-refractivity contribution in [3.8, 4) is 0 Å². The van der Waals surface area contributed by atoms with E-state index in [0.29, 0.717) is 10.8 Å². The molecule has 108 valence electrons. The van der Waals surface area contributed by atoms with Crippen molar-refractivity contribution in [3.63, 3.8) is 0 Å². The summed E-state index contributed by atoms with van der Waals surface area (Å²) in [6.07, 6.45) is 3.90. The van der Waals surface area contributed by atoms with Gasteiger partial charge in [-0.25, -0.2) is 4.98 Å². The van der Waals surface area contributed by atoms with Crippen molar-refractivity contribution >= 4 is 38.3 Å². The van der Waals surface area contributed by atoms with E-state index >= 15 is 0 Å². The largest absolute Gasteiger partial charge is 0.399 e. The molecule has 0 bridgehead atoms. The lowest BCUT2D eigenvalue weighted by molar-refractivity contribution is -0.120. The van der Waals surface area contributed by atoms with E-state index in [4.69, 9.17) is 5.73 Å². The van der Waals surface area contributed by atoms with Crippen LogP contribution in [0.2, 0.25) is 0 Å². The third-order valence-corrected chi connectivity index (χ3v) is 4.22. The number of carbonyl (C=O) groups excluding carboxylic acids is 1. The maximum Gasteiger partial charge on any atom is 0.229 e. The SMILES string of the molecule is CCCC(CCC)C(=O)Nc1nc2ccc(N)cc2s1. The van der Waals surface area contributed by atoms with Crippen LogP contribution in [0, 0.1) is 5.92 Å². The van der Waals surface area contributed by atoms with Crippen LogP contribution >= 0.6 is 11.3 Å². The number of aromatic nitrogens is 1. The van der Waals surface area contributed by atoms with Gasteiger partial charge in [-0.05, 0) is 31.0 Å². The molecular weight excluding hydrogens is 270 g/mol. The highest BCUT2D eigenvalue weighted by Gasteiger charge is 2.18. The Morgan fingerprint density at radius 3 is 2.70 bits per heavy atom. The summed E-state index contributed by atoms with van der Waals surface area (Å²) in [6, 6.07) is 5.59. The number of hydrogen-bond acceptors (Lipinski definition) is 4.